The third kappa shape index (κ3) is 5.88. The number of aryl methyl sites for hydroxylation is 1. The monoisotopic (exact) mass is 624 g/mol. The predicted molar refractivity (Wildman–Crippen MR) is 159 cm³/mol. The molecule has 0 aliphatic carbocycles. The molecule has 12 nitrogen and oxygen atoms in total. The quantitative estimate of drug-likeness (QED) is 0.218. The molecule has 0 spiro atoms. The maximum absolute atomic E-state index is 14.0. The molecule has 4 aromatic rings. The first-order chi connectivity index (χ1) is 20.7. The van der Waals surface area contributed by atoms with Crippen LogP contribution in [0, 0.1) is 6.92 Å². The zero-order valence-electron chi connectivity index (χ0n) is 24.2. The molecule has 4 heterocycles. The van der Waals surface area contributed by atoms with E-state index in [-0.39, 0.29) is 23.3 Å². The highest BCUT2D eigenvalue weighted by atomic mass is 32.2. The zero-order chi connectivity index (χ0) is 30.8. The topological polar surface area (TPSA) is 147 Å². The van der Waals surface area contributed by atoms with Gasteiger partial charge >= 0.3 is 5.97 Å². The van der Waals surface area contributed by atoms with Crippen LogP contribution in [0.1, 0.15) is 36.9 Å². The number of aromatic amines is 1. The molecule has 0 bridgehead atoms. The summed E-state index contributed by atoms with van der Waals surface area (Å²) in [7, 11) is 4.47. The minimum atomic E-state index is -0.891. The summed E-state index contributed by atoms with van der Waals surface area (Å²) in [6.07, 6.45) is 1.61. The van der Waals surface area contributed by atoms with Gasteiger partial charge in [0.05, 0.1) is 49.8 Å². The number of nitrogens with zero attached hydrogens (tertiary/aromatic N) is 3. The lowest BCUT2D eigenvalue weighted by atomic mass is 9.95. The number of thiazole rings is 1. The Morgan fingerprint density at radius 2 is 1.84 bits per heavy atom. The molecule has 0 saturated heterocycles. The van der Waals surface area contributed by atoms with Crippen molar-refractivity contribution in [1.29, 1.82) is 0 Å². The van der Waals surface area contributed by atoms with Crippen molar-refractivity contribution in [3.63, 3.8) is 0 Å². The third-order valence-electron chi connectivity index (χ3n) is 6.44. The number of allylic oxidation sites excluding steroid dienone is 1. The summed E-state index contributed by atoms with van der Waals surface area (Å²) < 4.78 is 29.7. The second-order valence-corrected chi connectivity index (χ2v) is 11.2. The second kappa shape index (κ2) is 12.4. The molecule has 0 radical (unpaired) electrons. The lowest BCUT2D eigenvalue weighted by molar-refractivity contribution is -0.139. The molecule has 1 aromatic carbocycles. The Bertz CT molecular complexity index is 1960. The highest BCUT2D eigenvalue weighted by molar-refractivity contribution is 7.99. The van der Waals surface area contributed by atoms with Crippen LogP contribution in [0.5, 0.6) is 17.2 Å². The van der Waals surface area contributed by atoms with Crippen molar-refractivity contribution in [1.82, 2.24) is 14.5 Å². The lowest BCUT2D eigenvalue weighted by Gasteiger charge is -2.26. The number of hydrogen-bond acceptors (Lipinski definition) is 12. The Morgan fingerprint density at radius 3 is 2.47 bits per heavy atom. The van der Waals surface area contributed by atoms with Crippen LogP contribution in [0.25, 0.3) is 6.08 Å². The first kappa shape index (κ1) is 29.9. The molecule has 224 valence electrons. The van der Waals surface area contributed by atoms with Crippen LogP contribution in [0.15, 0.2) is 70.8 Å². The van der Waals surface area contributed by atoms with Gasteiger partial charge in [-0.05, 0) is 62.4 Å². The van der Waals surface area contributed by atoms with Crippen LogP contribution < -0.4 is 34.7 Å². The number of nitrogens with one attached hydrogen (secondary N) is 1. The first-order valence-corrected chi connectivity index (χ1v) is 14.7. The maximum atomic E-state index is 14.0. The largest absolute Gasteiger partial charge is 0.493 e. The molecule has 5 rings (SSSR count). The van der Waals surface area contributed by atoms with Gasteiger partial charge in [0.2, 0.25) is 5.75 Å². The van der Waals surface area contributed by atoms with Crippen LogP contribution in [0.3, 0.4) is 0 Å². The van der Waals surface area contributed by atoms with Gasteiger partial charge in [-0.3, -0.25) is 14.2 Å². The lowest BCUT2D eigenvalue weighted by Crippen LogP contribution is -2.40. The fourth-order valence-corrected chi connectivity index (χ4v) is 6.49. The molecule has 14 heteroatoms. The fourth-order valence-electron chi connectivity index (χ4n) is 4.66. The summed E-state index contributed by atoms with van der Waals surface area (Å²) in [6, 6.07) is 7.33. The SMILES string of the molecule is CCOC(=O)C1=C(C)N=c2s/c(=C/c3ccc(Sc4nc(C)cc(=O)[nH]4)o3)c(=O)n2[C@@H]1c1cc(OC)c(OC)c(OC)c1. The van der Waals surface area contributed by atoms with Gasteiger partial charge in [0.15, 0.2) is 26.5 Å². The summed E-state index contributed by atoms with van der Waals surface area (Å²) in [5.41, 5.74) is 1.11. The smallest absolute Gasteiger partial charge is 0.338 e. The molecule has 0 fully saturated rings. The van der Waals surface area contributed by atoms with Crippen molar-refractivity contribution >= 4 is 35.1 Å². The molecular weight excluding hydrogens is 596 g/mol. The molecule has 0 amide bonds. The molecular formula is C29H28N4O8S2. The second-order valence-electron chi connectivity index (χ2n) is 9.21. The van der Waals surface area contributed by atoms with E-state index in [1.165, 1.54) is 32.0 Å². The van der Waals surface area contributed by atoms with E-state index >= 15 is 0 Å². The zero-order valence-corrected chi connectivity index (χ0v) is 25.8. The van der Waals surface area contributed by atoms with Gasteiger partial charge in [0, 0.05) is 17.8 Å². The van der Waals surface area contributed by atoms with E-state index < -0.39 is 12.0 Å². The van der Waals surface area contributed by atoms with Gasteiger partial charge in [-0.2, -0.15) is 0 Å². The Balaban J connectivity index is 1.63. The summed E-state index contributed by atoms with van der Waals surface area (Å²) in [5, 5.41) is 0.862. The van der Waals surface area contributed by atoms with Gasteiger partial charge in [0.1, 0.15) is 5.76 Å². The number of furan rings is 1. The predicted octanol–water partition coefficient (Wildman–Crippen LogP) is 2.96. The number of aromatic nitrogens is 3. The van der Waals surface area contributed by atoms with Crippen LogP contribution in [0.2, 0.25) is 0 Å². The van der Waals surface area contributed by atoms with E-state index in [1.807, 2.05) is 0 Å². The summed E-state index contributed by atoms with van der Waals surface area (Å²) in [4.78, 5) is 51.0. The van der Waals surface area contributed by atoms with Crippen LogP contribution in [-0.4, -0.2) is 48.4 Å². The Labute approximate surface area is 253 Å². The Morgan fingerprint density at radius 1 is 1.12 bits per heavy atom. The van der Waals surface area contributed by atoms with Crippen LogP contribution in [-0.2, 0) is 9.53 Å². The maximum Gasteiger partial charge on any atom is 0.338 e. The van der Waals surface area contributed by atoms with Crippen LogP contribution >= 0.6 is 23.1 Å². The molecule has 43 heavy (non-hydrogen) atoms. The van der Waals surface area contributed by atoms with Crippen molar-refractivity contribution in [3.05, 3.63) is 88.7 Å². The van der Waals surface area contributed by atoms with Crippen molar-refractivity contribution in [2.75, 3.05) is 27.9 Å². The van der Waals surface area contributed by atoms with Crippen molar-refractivity contribution < 1.29 is 28.2 Å². The highest BCUT2D eigenvalue weighted by Gasteiger charge is 2.34. The van der Waals surface area contributed by atoms with E-state index in [2.05, 4.69) is 15.0 Å². The number of carbonyl (C=O) groups is 1. The minimum Gasteiger partial charge on any atom is -0.493 e. The van der Waals surface area contributed by atoms with Gasteiger partial charge in [-0.15, -0.1) is 0 Å². The van der Waals surface area contributed by atoms with E-state index in [9.17, 15) is 14.4 Å². The van der Waals surface area contributed by atoms with Crippen LogP contribution in [0.4, 0.5) is 0 Å². The average Bonchev–Trinajstić information content (AvgIpc) is 3.53. The van der Waals surface area contributed by atoms with E-state index in [0.717, 1.165) is 23.1 Å². The number of carbonyl (C=O) groups excluding carboxylic acids is 1. The first-order valence-electron chi connectivity index (χ1n) is 13.0. The molecule has 1 N–H and O–H groups in total. The third-order valence-corrected chi connectivity index (χ3v) is 8.23. The molecule has 0 saturated carbocycles. The Kier molecular flexibility index (Phi) is 8.59. The molecule has 0 unspecified atom stereocenters. The van der Waals surface area contributed by atoms with Crippen molar-refractivity contribution in [3.8, 4) is 17.2 Å². The van der Waals surface area contributed by atoms with Gasteiger partial charge < -0.3 is 28.3 Å². The summed E-state index contributed by atoms with van der Waals surface area (Å²) in [5.74, 6) is 0.917. The number of esters is 1. The number of rotatable bonds is 9. The average molecular weight is 625 g/mol. The number of ether oxygens (including phenoxy) is 4. The highest BCUT2D eigenvalue weighted by Crippen LogP contribution is 2.42. The number of H-pyrrole nitrogens is 1. The molecule has 1 aliphatic heterocycles. The number of hydrogen-bond donors (Lipinski definition) is 1. The number of benzene rings is 1. The van der Waals surface area contributed by atoms with Gasteiger partial charge in [-0.25, -0.2) is 14.8 Å². The van der Waals surface area contributed by atoms with Crippen molar-refractivity contribution in [2.45, 2.75) is 37.1 Å². The van der Waals surface area contributed by atoms with Crippen molar-refractivity contribution in [2.24, 2.45) is 4.99 Å². The molecule has 3 aromatic heterocycles. The van der Waals surface area contributed by atoms with Gasteiger partial charge in [-0.1, -0.05) is 11.3 Å². The number of methoxy groups -OCH3 is 3. The number of fused-ring (bicyclic) bond motifs is 1. The Hall–Kier alpha value is -4.56. The fraction of sp³-hybridized carbons (Fsp3) is 0.276. The van der Waals surface area contributed by atoms with E-state index in [1.54, 1.807) is 51.1 Å². The minimum absolute atomic E-state index is 0.146. The van der Waals surface area contributed by atoms with Gasteiger partial charge in [0.25, 0.3) is 11.1 Å². The summed E-state index contributed by atoms with van der Waals surface area (Å²) >= 11 is 2.31. The van der Waals surface area contributed by atoms with E-state index in [0.29, 0.717) is 59.5 Å². The normalized spacial score (nSPS) is 14.7. The van der Waals surface area contributed by atoms with E-state index in [4.69, 9.17) is 23.4 Å². The molecule has 1 aliphatic rings. The standard InChI is InChI=1S/C29H28N4O8S2/c1-7-40-27(36)23-15(3)31-29-33(24(23)16-11-18(37-4)25(39-6)19(12-16)38-5)26(35)20(42-29)13-17-8-9-22(41-17)43-28-30-14(2)10-21(34)32-28/h8-13,24H,7H2,1-6H3,(H,30,32,34)/b20-13+/t24-/m1/s1. The molecule has 1 atom stereocenters. The summed E-state index contributed by atoms with van der Waals surface area (Å²) in [6.45, 7) is 5.29.